The Labute approximate surface area is 177 Å². The summed E-state index contributed by atoms with van der Waals surface area (Å²) >= 11 is 0. The first-order chi connectivity index (χ1) is 14.5. The molecule has 0 spiro atoms. The average Bonchev–Trinajstić information content (AvgIpc) is 3.12. The van der Waals surface area contributed by atoms with Gasteiger partial charge in [-0.15, -0.1) is 0 Å². The first kappa shape index (κ1) is 21.4. The summed E-state index contributed by atoms with van der Waals surface area (Å²) in [4.78, 5) is 17.0. The molecule has 1 amide bonds. The third kappa shape index (κ3) is 5.20. The maximum absolute atomic E-state index is 12.6. The Morgan fingerprint density at radius 1 is 1.03 bits per heavy atom. The van der Waals surface area contributed by atoms with Crippen LogP contribution in [0.2, 0.25) is 0 Å². The van der Waals surface area contributed by atoms with E-state index in [0.717, 1.165) is 28.2 Å². The third-order valence-electron chi connectivity index (χ3n) is 4.58. The van der Waals surface area contributed by atoms with Crippen LogP contribution in [0.4, 0.5) is 0 Å². The second kappa shape index (κ2) is 9.96. The summed E-state index contributed by atoms with van der Waals surface area (Å²) in [6.07, 6.45) is 0.667. The van der Waals surface area contributed by atoms with Crippen LogP contribution in [0.3, 0.4) is 0 Å². The predicted molar refractivity (Wildman–Crippen MR) is 116 cm³/mol. The molecular formula is C24H28N2O4. The quantitative estimate of drug-likeness (QED) is 0.554. The maximum Gasteiger partial charge on any atom is 0.273 e. The zero-order valence-electron chi connectivity index (χ0n) is 18.0. The van der Waals surface area contributed by atoms with Crippen molar-refractivity contribution < 1.29 is 18.7 Å². The fourth-order valence-corrected chi connectivity index (χ4v) is 3.16. The van der Waals surface area contributed by atoms with Crippen LogP contribution >= 0.6 is 0 Å². The van der Waals surface area contributed by atoms with Crippen LogP contribution in [0.5, 0.6) is 11.5 Å². The van der Waals surface area contributed by atoms with Crippen LogP contribution in [0.1, 0.15) is 41.2 Å². The molecule has 2 aromatic carbocycles. The summed E-state index contributed by atoms with van der Waals surface area (Å²) in [6.45, 7) is 9.26. The number of oxazole rings is 1. The molecule has 0 saturated carbocycles. The molecule has 0 fully saturated rings. The van der Waals surface area contributed by atoms with Crippen molar-refractivity contribution in [1.82, 2.24) is 10.3 Å². The molecule has 6 heteroatoms. The zero-order chi connectivity index (χ0) is 21.5. The van der Waals surface area contributed by atoms with Crippen LogP contribution in [0.15, 0.2) is 46.9 Å². The predicted octanol–water partition coefficient (Wildman–Crippen LogP) is 4.73. The van der Waals surface area contributed by atoms with Crippen LogP contribution in [0.25, 0.3) is 11.5 Å². The summed E-state index contributed by atoms with van der Waals surface area (Å²) in [6, 6.07) is 13.7. The summed E-state index contributed by atoms with van der Waals surface area (Å²) in [7, 11) is 0. The van der Waals surface area contributed by atoms with Gasteiger partial charge in [-0.05, 0) is 63.9 Å². The highest BCUT2D eigenvalue weighted by Crippen LogP contribution is 2.28. The topological polar surface area (TPSA) is 73.6 Å². The Bertz CT molecular complexity index is 1010. The van der Waals surface area contributed by atoms with Crippen LogP contribution in [-0.2, 0) is 6.42 Å². The van der Waals surface area contributed by atoms with Crippen molar-refractivity contribution >= 4 is 5.91 Å². The molecule has 3 rings (SSSR count). The van der Waals surface area contributed by atoms with Gasteiger partial charge in [0, 0.05) is 12.1 Å². The number of benzene rings is 2. The molecule has 0 saturated heterocycles. The fourth-order valence-electron chi connectivity index (χ4n) is 3.16. The normalized spacial score (nSPS) is 10.7. The minimum atomic E-state index is -0.244. The van der Waals surface area contributed by atoms with E-state index < -0.39 is 0 Å². The van der Waals surface area contributed by atoms with Gasteiger partial charge in [0.15, 0.2) is 17.2 Å². The van der Waals surface area contributed by atoms with Crippen molar-refractivity contribution in [3.05, 3.63) is 65.0 Å². The van der Waals surface area contributed by atoms with Crippen molar-refractivity contribution in [2.45, 2.75) is 34.1 Å². The third-order valence-corrected chi connectivity index (χ3v) is 4.58. The molecule has 0 bridgehead atoms. The zero-order valence-corrected chi connectivity index (χ0v) is 18.0. The van der Waals surface area contributed by atoms with E-state index in [1.807, 2.05) is 63.2 Å². The second-order valence-electron chi connectivity index (χ2n) is 6.95. The van der Waals surface area contributed by atoms with Gasteiger partial charge in [0.1, 0.15) is 5.76 Å². The number of hydrogen-bond acceptors (Lipinski definition) is 5. The smallest absolute Gasteiger partial charge is 0.273 e. The van der Waals surface area contributed by atoms with E-state index in [9.17, 15) is 4.79 Å². The van der Waals surface area contributed by atoms with Crippen LogP contribution < -0.4 is 14.8 Å². The number of aromatic nitrogens is 1. The van der Waals surface area contributed by atoms with Gasteiger partial charge in [0.05, 0.1) is 13.2 Å². The lowest BCUT2D eigenvalue weighted by atomic mass is 10.1. The van der Waals surface area contributed by atoms with Crippen LogP contribution in [-0.4, -0.2) is 30.6 Å². The number of rotatable bonds is 9. The van der Waals surface area contributed by atoms with Gasteiger partial charge in [-0.1, -0.05) is 23.8 Å². The molecule has 0 radical (unpaired) electrons. The summed E-state index contributed by atoms with van der Waals surface area (Å²) < 4.78 is 17.0. The summed E-state index contributed by atoms with van der Waals surface area (Å²) in [5.41, 5.74) is 3.33. The number of carbonyl (C=O) groups excluding carboxylic acids is 1. The van der Waals surface area contributed by atoms with E-state index in [-0.39, 0.29) is 5.91 Å². The highest BCUT2D eigenvalue weighted by molar-refractivity contribution is 5.93. The van der Waals surface area contributed by atoms with Gasteiger partial charge in [-0.3, -0.25) is 4.79 Å². The molecule has 0 aliphatic rings. The van der Waals surface area contributed by atoms with Gasteiger partial charge in [0.2, 0.25) is 5.89 Å². The number of amides is 1. The molecule has 0 atom stereocenters. The molecule has 1 aromatic heterocycles. The first-order valence-corrected chi connectivity index (χ1v) is 10.2. The average molecular weight is 408 g/mol. The van der Waals surface area contributed by atoms with Crippen molar-refractivity contribution in [1.29, 1.82) is 0 Å². The molecule has 0 unspecified atom stereocenters. The highest BCUT2D eigenvalue weighted by Gasteiger charge is 2.18. The summed E-state index contributed by atoms with van der Waals surface area (Å²) in [5, 5.41) is 2.92. The second-order valence-corrected chi connectivity index (χ2v) is 6.95. The van der Waals surface area contributed by atoms with Gasteiger partial charge in [-0.2, -0.15) is 0 Å². The fraction of sp³-hybridized carbons (Fsp3) is 0.333. The van der Waals surface area contributed by atoms with E-state index in [1.165, 1.54) is 0 Å². The molecule has 0 aliphatic carbocycles. The van der Waals surface area contributed by atoms with Crippen molar-refractivity contribution in [2.75, 3.05) is 19.8 Å². The lowest BCUT2D eigenvalue weighted by Gasteiger charge is -2.12. The van der Waals surface area contributed by atoms with Crippen molar-refractivity contribution in [3.63, 3.8) is 0 Å². The number of nitrogens with one attached hydrogen (secondary N) is 1. The number of aryl methyl sites for hydroxylation is 2. The molecule has 6 nitrogen and oxygen atoms in total. The van der Waals surface area contributed by atoms with Gasteiger partial charge in [-0.25, -0.2) is 4.98 Å². The van der Waals surface area contributed by atoms with Crippen molar-refractivity contribution in [2.24, 2.45) is 0 Å². The number of ether oxygens (including phenoxy) is 2. The molecule has 158 valence electrons. The monoisotopic (exact) mass is 408 g/mol. The number of nitrogens with zero attached hydrogens (tertiary/aromatic N) is 1. The minimum Gasteiger partial charge on any atom is -0.490 e. The van der Waals surface area contributed by atoms with E-state index >= 15 is 0 Å². The Kier molecular flexibility index (Phi) is 7.12. The number of hydrogen-bond donors (Lipinski definition) is 1. The maximum atomic E-state index is 12.6. The molecule has 0 aliphatic heterocycles. The SMILES string of the molecule is CCOc1ccc(CCNC(=O)c2nc(-c3cccc(C)c3)oc2C)cc1OCC. The Morgan fingerprint density at radius 2 is 1.80 bits per heavy atom. The standard InChI is InChI=1S/C24H28N2O4/c1-5-28-20-11-10-18(15-21(20)29-6-2)12-13-25-23(27)22-17(4)30-24(26-22)19-9-7-8-16(3)14-19/h7-11,14-15H,5-6,12-13H2,1-4H3,(H,25,27). The van der Waals surface area contributed by atoms with Crippen molar-refractivity contribution in [3.8, 4) is 23.0 Å². The van der Waals surface area contributed by atoms with Gasteiger partial charge < -0.3 is 19.2 Å². The van der Waals surface area contributed by atoms with Gasteiger partial charge in [0.25, 0.3) is 5.91 Å². The lowest BCUT2D eigenvalue weighted by Crippen LogP contribution is -2.26. The van der Waals surface area contributed by atoms with Gasteiger partial charge >= 0.3 is 0 Å². The lowest BCUT2D eigenvalue weighted by molar-refractivity contribution is 0.0948. The molecule has 30 heavy (non-hydrogen) atoms. The molecular weight excluding hydrogens is 380 g/mol. The Morgan fingerprint density at radius 3 is 2.53 bits per heavy atom. The minimum absolute atomic E-state index is 0.244. The molecule has 1 N–H and O–H groups in total. The highest BCUT2D eigenvalue weighted by atomic mass is 16.5. The van der Waals surface area contributed by atoms with E-state index in [4.69, 9.17) is 13.9 Å². The van der Waals surface area contributed by atoms with E-state index in [2.05, 4.69) is 10.3 Å². The van der Waals surface area contributed by atoms with E-state index in [1.54, 1.807) is 6.92 Å². The molecule has 3 aromatic rings. The largest absolute Gasteiger partial charge is 0.490 e. The van der Waals surface area contributed by atoms with Crippen LogP contribution in [0, 0.1) is 13.8 Å². The van der Waals surface area contributed by atoms with E-state index in [0.29, 0.717) is 43.5 Å². The Balaban J connectivity index is 1.63. The summed E-state index contributed by atoms with van der Waals surface area (Å²) in [5.74, 6) is 2.16. The first-order valence-electron chi connectivity index (χ1n) is 10.2. The Hall–Kier alpha value is -3.28. The molecule has 1 heterocycles. The number of carbonyl (C=O) groups is 1.